The lowest BCUT2D eigenvalue weighted by atomic mass is 10.2. The van der Waals surface area contributed by atoms with Gasteiger partial charge in [-0.15, -0.1) is 0 Å². The number of aliphatic hydroxyl groups is 1. The second-order valence-electron chi connectivity index (χ2n) is 3.11. The van der Waals surface area contributed by atoms with Crippen LogP contribution in [0.25, 0.3) is 0 Å². The van der Waals surface area contributed by atoms with Gasteiger partial charge < -0.3 is 10.4 Å². The van der Waals surface area contributed by atoms with Gasteiger partial charge in [-0.2, -0.15) is 0 Å². The van der Waals surface area contributed by atoms with Crippen LogP contribution in [0.15, 0.2) is 24.3 Å². The molecule has 0 spiro atoms. The van der Waals surface area contributed by atoms with Crippen molar-refractivity contribution in [3.63, 3.8) is 0 Å². The fraction of sp³-hybridized carbons (Fsp3) is 0.400. The van der Waals surface area contributed by atoms with Crippen molar-refractivity contribution in [2.75, 3.05) is 6.54 Å². The summed E-state index contributed by atoms with van der Waals surface area (Å²) >= 11 is 0. The summed E-state index contributed by atoms with van der Waals surface area (Å²) in [7, 11) is 0. The summed E-state index contributed by atoms with van der Waals surface area (Å²) in [5.74, 6) is -0.226. The highest BCUT2D eigenvalue weighted by molar-refractivity contribution is 5.15. The molecule has 0 unspecified atom stereocenters. The van der Waals surface area contributed by atoms with Crippen LogP contribution in [0, 0.1) is 5.82 Å². The van der Waals surface area contributed by atoms with Gasteiger partial charge in [-0.1, -0.05) is 12.1 Å². The topological polar surface area (TPSA) is 32.3 Å². The molecule has 3 heteroatoms. The molecule has 0 radical (unpaired) electrons. The van der Waals surface area contributed by atoms with Crippen LogP contribution in [0.2, 0.25) is 0 Å². The van der Waals surface area contributed by atoms with E-state index in [4.69, 9.17) is 5.11 Å². The van der Waals surface area contributed by atoms with E-state index >= 15 is 0 Å². The molecular formula is C10H14FNO. The first-order valence-electron chi connectivity index (χ1n) is 4.31. The van der Waals surface area contributed by atoms with Crippen LogP contribution in [0.5, 0.6) is 0 Å². The van der Waals surface area contributed by atoms with Crippen LogP contribution < -0.4 is 5.32 Å². The molecule has 0 saturated carbocycles. The van der Waals surface area contributed by atoms with Gasteiger partial charge in [0.05, 0.1) is 6.10 Å². The van der Waals surface area contributed by atoms with E-state index in [0.717, 1.165) is 5.56 Å². The molecule has 72 valence electrons. The Balaban J connectivity index is 2.37. The van der Waals surface area contributed by atoms with Gasteiger partial charge in [-0.3, -0.25) is 0 Å². The highest BCUT2D eigenvalue weighted by atomic mass is 19.1. The first-order valence-corrected chi connectivity index (χ1v) is 4.31. The normalized spacial score (nSPS) is 12.8. The summed E-state index contributed by atoms with van der Waals surface area (Å²) < 4.78 is 12.7. The lowest BCUT2D eigenvalue weighted by molar-refractivity contribution is 0.191. The standard InChI is InChI=1S/C10H14FNO/c1-8(13)6-12-7-9-3-2-4-10(11)5-9/h2-5,8,12-13H,6-7H2,1H3/t8-/m1/s1. The van der Waals surface area contributed by atoms with Crippen molar-refractivity contribution in [3.05, 3.63) is 35.6 Å². The maximum Gasteiger partial charge on any atom is 0.123 e. The molecule has 0 aliphatic carbocycles. The monoisotopic (exact) mass is 183 g/mol. The summed E-state index contributed by atoms with van der Waals surface area (Å²) in [4.78, 5) is 0. The third kappa shape index (κ3) is 4.01. The third-order valence-corrected chi connectivity index (χ3v) is 1.66. The molecule has 2 nitrogen and oxygen atoms in total. The lowest BCUT2D eigenvalue weighted by Gasteiger charge is -2.06. The molecule has 0 heterocycles. The van der Waals surface area contributed by atoms with E-state index in [0.29, 0.717) is 13.1 Å². The molecule has 1 aromatic rings. The van der Waals surface area contributed by atoms with Crippen LogP contribution >= 0.6 is 0 Å². The molecule has 0 aliphatic heterocycles. The minimum absolute atomic E-state index is 0.226. The Morgan fingerprint density at radius 3 is 2.92 bits per heavy atom. The second kappa shape index (κ2) is 4.94. The van der Waals surface area contributed by atoms with Gasteiger partial charge in [0.25, 0.3) is 0 Å². The van der Waals surface area contributed by atoms with E-state index in [2.05, 4.69) is 5.32 Å². The fourth-order valence-electron chi connectivity index (χ4n) is 1.07. The number of benzene rings is 1. The molecule has 13 heavy (non-hydrogen) atoms. The highest BCUT2D eigenvalue weighted by Gasteiger charge is 1.96. The van der Waals surface area contributed by atoms with E-state index in [-0.39, 0.29) is 11.9 Å². The van der Waals surface area contributed by atoms with Crippen LogP contribution in [-0.2, 0) is 6.54 Å². The number of hydrogen-bond donors (Lipinski definition) is 2. The van der Waals surface area contributed by atoms with E-state index in [1.165, 1.54) is 12.1 Å². The van der Waals surface area contributed by atoms with E-state index in [1.54, 1.807) is 13.0 Å². The summed E-state index contributed by atoms with van der Waals surface area (Å²) in [6.07, 6.45) is -0.367. The van der Waals surface area contributed by atoms with Crippen LogP contribution in [0.1, 0.15) is 12.5 Å². The predicted molar refractivity (Wildman–Crippen MR) is 49.8 cm³/mol. The minimum Gasteiger partial charge on any atom is -0.392 e. The van der Waals surface area contributed by atoms with Gasteiger partial charge in [-0.25, -0.2) is 4.39 Å². The minimum atomic E-state index is -0.367. The third-order valence-electron chi connectivity index (χ3n) is 1.66. The summed E-state index contributed by atoms with van der Waals surface area (Å²) in [6.45, 7) is 2.82. The van der Waals surface area contributed by atoms with Crippen molar-refractivity contribution < 1.29 is 9.50 Å². The molecule has 0 saturated heterocycles. The van der Waals surface area contributed by atoms with Crippen LogP contribution in [-0.4, -0.2) is 17.8 Å². The predicted octanol–water partition coefficient (Wildman–Crippen LogP) is 1.30. The maximum absolute atomic E-state index is 12.7. The molecule has 0 aliphatic rings. The van der Waals surface area contributed by atoms with Gasteiger partial charge in [0.2, 0.25) is 0 Å². The smallest absolute Gasteiger partial charge is 0.123 e. The quantitative estimate of drug-likeness (QED) is 0.737. The molecule has 2 N–H and O–H groups in total. The molecule has 0 bridgehead atoms. The van der Waals surface area contributed by atoms with Gasteiger partial charge in [0.1, 0.15) is 5.82 Å². The van der Waals surface area contributed by atoms with E-state index < -0.39 is 0 Å². The van der Waals surface area contributed by atoms with Crippen molar-refractivity contribution in [3.8, 4) is 0 Å². The number of aliphatic hydroxyl groups excluding tert-OH is 1. The van der Waals surface area contributed by atoms with Crippen molar-refractivity contribution in [2.24, 2.45) is 0 Å². The Bertz CT molecular complexity index is 263. The molecule has 0 amide bonds. The summed E-state index contributed by atoms with van der Waals surface area (Å²) in [5.41, 5.74) is 0.889. The van der Waals surface area contributed by atoms with E-state index in [1.807, 2.05) is 6.07 Å². The highest BCUT2D eigenvalue weighted by Crippen LogP contribution is 2.02. The number of rotatable bonds is 4. The number of halogens is 1. The average Bonchev–Trinajstić information content (AvgIpc) is 2.03. The largest absolute Gasteiger partial charge is 0.392 e. The zero-order valence-electron chi connectivity index (χ0n) is 7.63. The summed E-state index contributed by atoms with van der Waals surface area (Å²) in [5, 5.41) is 12.0. The Morgan fingerprint density at radius 1 is 1.54 bits per heavy atom. The second-order valence-corrected chi connectivity index (χ2v) is 3.11. The average molecular weight is 183 g/mol. The maximum atomic E-state index is 12.7. The molecule has 1 rings (SSSR count). The molecule has 0 fully saturated rings. The van der Waals surface area contributed by atoms with Gasteiger partial charge in [0, 0.05) is 13.1 Å². The van der Waals surface area contributed by atoms with Gasteiger partial charge >= 0.3 is 0 Å². The zero-order valence-corrected chi connectivity index (χ0v) is 7.63. The lowest BCUT2D eigenvalue weighted by Crippen LogP contribution is -2.23. The fourth-order valence-corrected chi connectivity index (χ4v) is 1.07. The Labute approximate surface area is 77.4 Å². The first-order chi connectivity index (χ1) is 6.18. The molecule has 1 aromatic carbocycles. The SMILES string of the molecule is C[C@@H](O)CNCc1cccc(F)c1. The van der Waals surface area contributed by atoms with Crippen LogP contribution in [0.3, 0.4) is 0 Å². The Kier molecular flexibility index (Phi) is 3.86. The zero-order chi connectivity index (χ0) is 9.68. The van der Waals surface area contributed by atoms with Crippen molar-refractivity contribution in [1.82, 2.24) is 5.32 Å². The van der Waals surface area contributed by atoms with Gasteiger partial charge in [-0.05, 0) is 24.6 Å². The molecular weight excluding hydrogens is 169 g/mol. The van der Waals surface area contributed by atoms with Crippen molar-refractivity contribution in [2.45, 2.75) is 19.6 Å². The van der Waals surface area contributed by atoms with Gasteiger partial charge in [0.15, 0.2) is 0 Å². The number of hydrogen-bond acceptors (Lipinski definition) is 2. The molecule has 0 aromatic heterocycles. The Morgan fingerprint density at radius 2 is 2.31 bits per heavy atom. The van der Waals surface area contributed by atoms with Crippen LogP contribution in [0.4, 0.5) is 4.39 Å². The van der Waals surface area contributed by atoms with Crippen molar-refractivity contribution >= 4 is 0 Å². The summed E-state index contributed by atoms with van der Waals surface area (Å²) in [6, 6.07) is 6.42. The first kappa shape index (κ1) is 10.2. The van der Waals surface area contributed by atoms with E-state index in [9.17, 15) is 4.39 Å². The number of nitrogens with one attached hydrogen (secondary N) is 1. The molecule has 1 atom stereocenters. The Hall–Kier alpha value is -0.930. The van der Waals surface area contributed by atoms with Crippen molar-refractivity contribution in [1.29, 1.82) is 0 Å².